The topological polar surface area (TPSA) is 45.1 Å². The maximum atomic E-state index is 10.4. The van der Waals surface area contributed by atoms with E-state index in [-0.39, 0.29) is 12.1 Å². The van der Waals surface area contributed by atoms with Gasteiger partial charge in [0.2, 0.25) is 0 Å². The Morgan fingerprint density at radius 2 is 1.83 bits per heavy atom. The van der Waals surface area contributed by atoms with Crippen LogP contribution in [0.15, 0.2) is 72.2 Å². The molecule has 4 heteroatoms. The molecular formula is C20H22N2OS. The maximum absolute atomic E-state index is 10.4. The number of nitrogens with zero attached hydrogens (tertiary/aromatic N) is 1. The van der Waals surface area contributed by atoms with Crippen LogP contribution in [0.3, 0.4) is 0 Å². The van der Waals surface area contributed by atoms with Gasteiger partial charge in [-0.15, -0.1) is 11.3 Å². The molecule has 0 amide bonds. The first kappa shape index (κ1) is 16.8. The van der Waals surface area contributed by atoms with Gasteiger partial charge in [0.05, 0.1) is 17.8 Å². The minimum Gasteiger partial charge on any atom is -0.388 e. The van der Waals surface area contributed by atoms with Crippen molar-refractivity contribution >= 4 is 11.3 Å². The molecule has 3 aromatic rings. The van der Waals surface area contributed by atoms with E-state index >= 15 is 0 Å². The van der Waals surface area contributed by atoms with Gasteiger partial charge in [0, 0.05) is 17.1 Å². The van der Waals surface area contributed by atoms with Crippen molar-refractivity contribution in [3.8, 4) is 0 Å². The summed E-state index contributed by atoms with van der Waals surface area (Å²) < 4.78 is 0. The van der Waals surface area contributed by atoms with Gasteiger partial charge in [0.25, 0.3) is 0 Å². The van der Waals surface area contributed by atoms with Crippen molar-refractivity contribution in [2.45, 2.75) is 31.5 Å². The molecule has 124 valence electrons. The quantitative estimate of drug-likeness (QED) is 0.674. The van der Waals surface area contributed by atoms with Crippen LogP contribution in [0.2, 0.25) is 0 Å². The van der Waals surface area contributed by atoms with Crippen LogP contribution in [0.25, 0.3) is 0 Å². The number of pyridine rings is 1. The number of thiophene rings is 1. The number of hydrogen-bond donors (Lipinski definition) is 2. The van der Waals surface area contributed by atoms with Gasteiger partial charge in [-0.1, -0.05) is 42.5 Å². The molecule has 0 aliphatic heterocycles. The van der Waals surface area contributed by atoms with Crippen LogP contribution in [0.5, 0.6) is 0 Å². The fourth-order valence-electron chi connectivity index (χ4n) is 2.83. The van der Waals surface area contributed by atoms with Gasteiger partial charge >= 0.3 is 0 Å². The van der Waals surface area contributed by atoms with Crippen molar-refractivity contribution in [2.75, 3.05) is 0 Å². The molecule has 2 aromatic heterocycles. The lowest BCUT2D eigenvalue weighted by molar-refractivity contribution is 0.156. The van der Waals surface area contributed by atoms with Gasteiger partial charge in [0.1, 0.15) is 0 Å². The van der Waals surface area contributed by atoms with Crippen LogP contribution in [0, 0.1) is 0 Å². The number of hydrogen-bond acceptors (Lipinski definition) is 4. The lowest BCUT2D eigenvalue weighted by Crippen LogP contribution is -2.33. The first-order valence-electron chi connectivity index (χ1n) is 8.17. The fourth-order valence-corrected chi connectivity index (χ4v) is 3.55. The average molecular weight is 338 g/mol. The van der Waals surface area contributed by atoms with Crippen LogP contribution in [-0.2, 0) is 0 Å². The number of aromatic nitrogens is 1. The van der Waals surface area contributed by atoms with E-state index in [1.807, 2.05) is 60.1 Å². The van der Waals surface area contributed by atoms with Crippen molar-refractivity contribution in [1.82, 2.24) is 10.3 Å². The zero-order valence-electron chi connectivity index (χ0n) is 13.7. The van der Waals surface area contributed by atoms with Crippen molar-refractivity contribution in [1.29, 1.82) is 0 Å². The second-order valence-electron chi connectivity index (χ2n) is 5.93. The molecule has 3 atom stereocenters. The zero-order chi connectivity index (χ0) is 16.8. The molecule has 0 bridgehead atoms. The van der Waals surface area contributed by atoms with E-state index in [1.165, 1.54) is 5.56 Å². The Labute approximate surface area is 147 Å². The lowest BCUT2D eigenvalue weighted by atomic mass is 10.0. The fraction of sp³-hybridized carbons (Fsp3) is 0.250. The number of aliphatic hydroxyl groups is 1. The van der Waals surface area contributed by atoms with Gasteiger partial charge in [-0.2, -0.15) is 0 Å². The maximum Gasteiger partial charge on any atom is 0.0896 e. The van der Waals surface area contributed by atoms with E-state index in [4.69, 9.17) is 0 Å². The second-order valence-corrected chi connectivity index (χ2v) is 6.91. The lowest BCUT2D eigenvalue weighted by Gasteiger charge is -2.25. The highest BCUT2D eigenvalue weighted by atomic mass is 32.1. The van der Waals surface area contributed by atoms with Gasteiger partial charge in [-0.25, -0.2) is 0 Å². The van der Waals surface area contributed by atoms with Crippen molar-refractivity contribution in [2.24, 2.45) is 0 Å². The van der Waals surface area contributed by atoms with Crippen LogP contribution in [-0.4, -0.2) is 16.1 Å². The Balaban J connectivity index is 1.74. The van der Waals surface area contributed by atoms with Gasteiger partial charge in [-0.05, 0) is 42.5 Å². The zero-order valence-corrected chi connectivity index (χ0v) is 14.5. The summed E-state index contributed by atoms with van der Waals surface area (Å²) in [5.41, 5.74) is 2.16. The van der Waals surface area contributed by atoms with E-state index in [0.29, 0.717) is 6.42 Å². The largest absolute Gasteiger partial charge is 0.388 e. The highest BCUT2D eigenvalue weighted by molar-refractivity contribution is 7.10. The summed E-state index contributed by atoms with van der Waals surface area (Å²) in [6, 6.07) is 20.4. The molecule has 0 saturated heterocycles. The van der Waals surface area contributed by atoms with Crippen LogP contribution in [0.1, 0.15) is 41.6 Å². The third-order valence-corrected chi connectivity index (χ3v) is 4.99. The average Bonchev–Trinajstić information content (AvgIpc) is 3.16. The summed E-state index contributed by atoms with van der Waals surface area (Å²) in [5, 5.41) is 16.0. The summed E-state index contributed by atoms with van der Waals surface area (Å²) in [4.78, 5) is 5.53. The molecule has 24 heavy (non-hydrogen) atoms. The molecule has 0 spiro atoms. The minimum absolute atomic E-state index is 0.0120. The molecule has 1 aromatic carbocycles. The summed E-state index contributed by atoms with van der Waals surface area (Å²) in [7, 11) is 0. The Bertz CT molecular complexity index is 676. The third kappa shape index (κ3) is 4.29. The van der Waals surface area contributed by atoms with Gasteiger partial charge < -0.3 is 10.4 Å². The molecule has 0 saturated carbocycles. The molecule has 3 unspecified atom stereocenters. The third-order valence-electron chi connectivity index (χ3n) is 4.02. The van der Waals surface area contributed by atoms with Crippen molar-refractivity contribution < 1.29 is 5.11 Å². The summed E-state index contributed by atoms with van der Waals surface area (Å²) in [6.45, 7) is 2.11. The van der Waals surface area contributed by atoms with E-state index in [0.717, 1.165) is 10.6 Å². The molecule has 2 heterocycles. The number of benzene rings is 1. The molecule has 2 N–H and O–H groups in total. The van der Waals surface area contributed by atoms with E-state index in [1.54, 1.807) is 11.3 Å². The first-order valence-corrected chi connectivity index (χ1v) is 9.05. The normalized spacial score (nSPS) is 14.9. The molecular weight excluding hydrogens is 316 g/mol. The van der Waals surface area contributed by atoms with Crippen molar-refractivity contribution in [3.63, 3.8) is 0 Å². The Morgan fingerprint density at radius 3 is 2.50 bits per heavy atom. The van der Waals surface area contributed by atoms with E-state index in [2.05, 4.69) is 29.4 Å². The number of rotatable bonds is 7. The molecule has 0 aliphatic rings. The van der Waals surface area contributed by atoms with Crippen molar-refractivity contribution in [3.05, 3.63) is 88.4 Å². The smallest absolute Gasteiger partial charge is 0.0896 e. The van der Waals surface area contributed by atoms with E-state index < -0.39 is 6.10 Å². The molecule has 3 rings (SSSR count). The Kier molecular flexibility index (Phi) is 5.75. The van der Waals surface area contributed by atoms with Crippen LogP contribution >= 0.6 is 11.3 Å². The second kappa shape index (κ2) is 8.20. The first-order chi connectivity index (χ1) is 11.7. The van der Waals surface area contributed by atoms with Crippen LogP contribution in [0.4, 0.5) is 0 Å². The molecule has 0 fully saturated rings. The highest BCUT2D eigenvalue weighted by Crippen LogP contribution is 2.25. The standard InChI is InChI=1S/C20H22N2OS/c1-15(14-18(23)19-11-7-13-24-19)22-20(16-8-3-2-4-9-16)17-10-5-6-12-21-17/h2-13,15,18,20,22-23H,14H2,1H3. The summed E-state index contributed by atoms with van der Waals surface area (Å²) >= 11 is 1.59. The minimum atomic E-state index is -0.437. The monoisotopic (exact) mass is 338 g/mol. The van der Waals surface area contributed by atoms with Gasteiger partial charge in [-0.3, -0.25) is 4.98 Å². The van der Waals surface area contributed by atoms with Gasteiger partial charge in [0.15, 0.2) is 0 Å². The Hall–Kier alpha value is -2.01. The van der Waals surface area contributed by atoms with E-state index in [9.17, 15) is 5.11 Å². The molecule has 0 radical (unpaired) electrons. The summed E-state index contributed by atoms with van der Waals surface area (Å²) in [6.07, 6.45) is 2.04. The predicted octanol–water partition coefficient (Wildman–Crippen LogP) is 4.33. The SMILES string of the molecule is CC(CC(O)c1cccs1)NC(c1ccccc1)c1ccccn1. The number of aliphatic hydroxyl groups excluding tert-OH is 1. The van der Waals surface area contributed by atoms with Crippen LogP contribution < -0.4 is 5.32 Å². The number of nitrogens with one attached hydrogen (secondary N) is 1. The summed E-state index contributed by atoms with van der Waals surface area (Å²) in [5.74, 6) is 0. The Morgan fingerprint density at radius 1 is 1.04 bits per heavy atom. The predicted molar refractivity (Wildman–Crippen MR) is 99.0 cm³/mol. The highest BCUT2D eigenvalue weighted by Gasteiger charge is 2.20. The molecule has 3 nitrogen and oxygen atoms in total. The molecule has 0 aliphatic carbocycles.